The summed E-state index contributed by atoms with van der Waals surface area (Å²) < 4.78 is 23.4. The first-order chi connectivity index (χ1) is 14.0. The lowest BCUT2D eigenvalue weighted by molar-refractivity contribution is -0.123. The van der Waals surface area contributed by atoms with Crippen molar-refractivity contribution in [2.75, 3.05) is 5.32 Å². The molecule has 29 heavy (non-hydrogen) atoms. The van der Waals surface area contributed by atoms with Crippen LogP contribution in [0, 0.1) is 5.82 Å². The molecule has 1 atom stereocenters. The molecule has 2 aromatic carbocycles. The minimum Gasteiger partial charge on any atom is -0.449 e. The SMILES string of the molecule is CC(OC(=O)c1ccc2ncoc2c1)C(=O)Nc1nc(-c2ccc(F)cc2)cs1. The molecule has 1 amide bonds. The molecule has 0 bridgehead atoms. The number of nitrogens with one attached hydrogen (secondary N) is 1. The standard InChI is InChI=1S/C20H14FN3O4S/c1-11(28-19(26)13-4-7-15-17(8-13)27-10-22-15)18(25)24-20-23-16(9-29-20)12-2-5-14(21)6-3-12/h2-11H,1H3,(H,23,24,25). The van der Waals surface area contributed by atoms with Crippen LogP contribution in [0.2, 0.25) is 0 Å². The average molecular weight is 411 g/mol. The smallest absolute Gasteiger partial charge is 0.339 e. The van der Waals surface area contributed by atoms with E-state index in [0.717, 1.165) is 5.56 Å². The van der Waals surface area contributed by atoms with Crippen molar-refractivity contribution in [1.29, 1.82) is 0 Å². The number of halogens is 1. The normalized spacial score (nSPS) is 11.9. The summed E-state index contributed by atoms with van der Waals surface area (Å²) in [4.78, 5) is 32.9. The molecule has 0 fully saturated rings. The number of hydrogen-bond acceptors (Lipinski definition) is 7. The number of esters is 1. The maximum absolute atomic E-state index is 13.0. The number of amides is 1. The highest BCUT2D eigenvalue weighted by atomic mass is 32.1. The van der Waals surface area contributed by atoms with Crippen LogP contribution in [-0.4, -0.2) is 27.9 Å². The van der Waals surface area contributed by atoms with Crippen LogP contribution in [0.25, 0.3) is 22.4 Å². The molecule has 1 unspecified atom stereocenters. The van der Waals surface area contributed by atoms with Gasteiger partial charge in [-0.3, -0.25) is 10.1 Å². The van der Waals surface area contributed by atoms with Gasteiger partial charge in [-0.15, -0.1) is 11.3 Å². The van der Waals surface area contributed by atoms with E-state index < -0.39 is 18.0 Å². The van der Waals surface area contributed by atoms with Crippen LogP contribution >= 0.6 is 11.3 Å². The van der Waals surface area contributed by atoms with E-state index in [4.69, 9.17) is 9.15 Å². The zero-order valence-corrected chi connectivity index (χ0v) is 15.9. The summed E-state index contributed by atoms with van der Waals surface area (Å²) in [6.45, 7) is 1.47. The van der Waals surface area contributed by atoms with Crippen molar-refractivity contribution >= 4 is 39.4 Å². The van der Waals surface area contributed by atoms with Crippen molar-refractivity contribution in [1.82, 2.24) is 9.97 Å². The van der Waals surface area contributed by atoms with Gasteiger partial charge in [0, 0.05) is 10.9 Å². The van der Waals surface area contributed by atoms with Crippen molar-refractivity contribution in [3.8, 4) is 11.3 Å². The molecule has 0 saturated carbocycles. The Balaban J connectivity index is 1.39. The number of ether oxygens (including phenoxy) is 1. The molecule has 0 aliphatic rings. The van der Waals surface area contributed by atoms with Crippen molar-refractivity contribution in [2.45, 2.75) is 13.0 Å². The summed E-state index contributed by atoms with van der Waals surface area (Å²) in [6.07, 6.45) is 0.246. The Labute approximate surface area is 168 Å². The van der Waals surface area contributed by atoms with Crippen molar-refractivity contribution in [3.63, 3.8) is 0 Å². The number of oxazole rings is 1. The molecule has 2 aromatic heterocycles. The topological polar surface area (TPSA) is 94.3 Å². The molecule has 0 spiro atoms. The molecular weight excluding hydrogens is 397 g/mol. The number of carbonyl (C=O) groups excluding carboxylic acids is 2. The van der Waals surface area contributed by atoms with Gasteiger partial charge in [0.1, 0.15) is 11.3 Å². The minimum absolute atomic E-state index is 0.252. The van der Waals surface area contributed by atoms with E-state index in [1.807, 2.05) is 0 Å². The Morgan fingerprint density at radius 2 is 2.00 bits per heavy atom. The fraction of sp³-hybridized carbons (Fsp3) is 0.100. The van der Waals surface area contributed by atoms with Crippen LogP contribution in [-0.2, 0) is 9.53 Å². The molecule has 9 heteroatoms. The Morgan fingerprint density at radius 1 is 1.21 bits per heavy atom. The number of carbonyl (C=O) groups is 2. The summed E-state index contributed by atoms with van der Waals surface area (Å²) >= 11 is 1.22. The lowest BCUT2D eigenvalue weighted by Crippen LogP contribution is -2.29. The lowest BCUT2D eigenvalue weighted by atomic mass is 10.2. The van der Waals surface area contributed by atoms with E-state index in [9.17, 15) is 14.0 Å². The van der Waals surface area contributed by atoms with E-state index >= 15 is 0 Å². The van der Waals surface area contributed by atoms with Gasteiger partial charge in [0.05, 0.1) is 11.3 Å². The van der Waals surface area contributed by atoms with Gasteiger partial charge in [0.25, 0.3) is 5.91 Å². The molecule has 0 aliphatic heterocycles. The molecule has 0 saturated heterocycles. The van der Waals surface area contributed by atoms with E-state index in [1.54, 1.807) is 29.6 Å². The third-order valence-electron chi connectivity index (χ3n) is 4.09. The molecule has 7 nitrogen and oxygen atoms in total. The second kappa shape index (κ2) is 7.80. The second-order valence-electron chi connectivity index (χ2n) is 6.12. The van der Waals surface area contributed by atoms with Gasteiger partial charge in [-0.2, -0.15) is 0 Å². The summed E-state index contributed by atoms with van der Waals surface area (Å²) in [6, 6.07) is 10.6. The number of fused-ring (bicyclic) bond motifs is 1. The van der Waals surface area contributed by atoms with Crippen LogP contribution in [0.5, 0.6) is 0 Å². The first-order valence-electron chi connectivity index (χ1n) is 8.56. The van der Waals surface area contributed by atoms with Crippen LogP contribution in [0.15, 0.2) is 58.7 Å². The molecule has 146 valence electrons. The van der Waals surface area contributed by atoms with Crippen LogP contribution in [0.3, 0.4) is 0 Å². The molecular formula is C20H14FN3O4S. The first-order valence-corrected chi connectivity index (χ1v) is 9.44. The van der Waals surface area contributed by atoms with Crippen LogP contribution < -0.4 is 5.32 Å². The summed E-state index contributed by atoms with van der Waals surface area (Å²) in [7, 11) is 0. The predicted octanol–water partition coefficient (Wildman–Crippen LogP) is 4.27. The number of benzene rings is 2. The van der Waals surface area contributed by atoms with Gasteiger partial charge in [0.2, 0.25) is 0 Å². The summed E-state index contributed by atoms with van der Waals surface area (Å²) in [5, 5.41) is 4.70. The Bertz CT molecular complexity index is 1190. The molecule has 4 rings (SSSR count). The fourth-order valence-corrected chi connectivity index (χ4v) is 3.28. The van der Waals surface area contributed by atoms with Crippen LogP contribution in [0.4, 0.5) is 9.52 Å². The maximum Gasteiger partial charge on any atom is 0.339 e. The van der Waals surface area contributed by atoms with Crippen LogP contribution in [0.1, 0.15) is 17.3 Å². The quantitative estimate of drug-likeness (QED) is 0.493. The van der Waals surface area contributed by atoms with Gasteiger partial charge < -0.3 is 9.15 Å². The summed E-state index contributed by atoms with van der Waals surface area (Å²) in [5.41, 5.74) is 2.66. The zero-order valence-electron chi connectivity index (χ0n) is 15.1. The van der Waals surface area contributed by atoms with E-state index in [0.29, 0.717) is 21.9 Å². The third kappa shape index (κ3) is 4.14. The number of thiazole rings is 1. The Kier molecular flexibility index (Phi) is 5.05. The fourth-order valence-electron chi connectivity index (χ4n) is 2.56. The van der Waals surface area contributed by atoms with E-state index in [2.05, 4.69) is 15.3 Å². The molecule has 1 N–H and O–H groups in total. The van der Waals surface area contributed by atoms with E-state index in [-0.39, 0.29) is 11.4 Å². The molecule has 4 aromatic rings. The van der Waals surface area contributed by atoms with Crippen molar-refractivity contribution in [2.24, 2.45) is 0 Å². The third-order valence-corrected chi connectivity index (χ3v) is 4.85. The average Bonchev–Trinajstić information content (AvgIpc) is 3.37. The number of rotatable bonds is 5. The lowest BCUT2D eigenvalue weighted by Gasteiger charge is -2.12. The second-order valence-corrected chi connectivity index (χ2v) is 6.97. The monoisotopic (exact) mass is 411 g/mol. The largest absolute Gasteiger partial charge is 0.449 e. The van der Waals surface area contributed by atoms with Crippen molar-refractivity contribution in [3.05, 3.63) is 65.6 Å². The highest BCUT2D eigenvalue weighted by molar-refractivity contribution is 7.14. The first kappa shape index (κ1) is 18.8. The van der Waals surface area contributed by atoms with Crippen molar-refractivity contribution < 1.29 is 23.1 Å². The molecule has 0 aliphatic carbocycles. The zero-order chi connectivity index (χ0) is 20.4. The minimum atomic E-state index is -1.04. The Morgan fingerprint density at radius 3 is 2.79 bits per heavy atom. The van der Waals surface area contributed by atoms with Gasteiger partial charge in [-0.05, 0) is 49.4 Å². The van der Waals surface area contributed by atoms with Gasteiger partial charge >= 0.3 is 5.97 Å². The molecule has 2 heterocycles. The van der Waals surface area contributed by atoms with Gasteiger partial charge in [0.15, 0.2) is 23.2 Å². The molecule has 0 radical (unpaired) electrons. The number of anilines is 1. The highest BCUT2D eigenvalue weighted by Gasteiger charge is 2.21. The Hall–Kier alpha value is -3.59. The maximum atomic E-state index is 13.0. The van der Waals surface area contributed by atoms with Gasteiger partial charge in [-0.25, -0.2) is 19.2 Å². The number of aromatic nitrogens is 2. The predicted molar refractivity (Wildman–Crippen MR) is 105 cm³/mol. The van der Waals surface area contributed by atoms with Gasteiger partial charge in [-0.1, -0.05) is 0 Å². The summed E-state index contributed by atoms with van der Waals surface area (Å²) in [5.74, 6) is -1.51. The highest BCUT2D eigenvalue weighted by Crippen LogP contribution is 2.25. The van der Waals surface area contributed by atoms with E-state index in [1.165, 1.54) is 42.9 Å². The number of nitrogens with zero attached hydrogens (tertiary/aromatic N) is 2. The number of hydrogen-bond donors (Lipinski definition) is 1.